The van der Waals surface area contributed by atoms with E-state index in [-0.39, 0.29) is 10.9 Å². The van der Waals surface area contributed by atoms with Crippen LogP contribution in [0.25, 0.3) is 0 Å². The normalized spacial score (nSPS) is 12.5. The Balaban J connectivity index is 2.23. The summed E-state index contributed by atoms with van der Waals surface area (Å²) >= 11 is 9.63. The second kappa shape index (κ2) is 6.44. The van der Waals surface area contributed by atoms with Crippen LogP contribution in [0.3, 0.4) is 0 Å². The highest BCUT2D eigenvalue weighted by molar-refractivity contribution is 9.09. The van der Waals surface area contributed by atoms with Crippen molar-refractivity contribution in [3.05, 3.63) is 64.7 Å². The minimum atomic E-state index is 0.139. The third kappa shape index (κ3) is 3.99. The molecule has 0 aromatic heterocycles. The lowest BCUT2D eigenvalue weighted by atomic mass is 10.0. The molecule has 1 atom stereocenters. The fraction of sp³-hybridized carbons (Fsp3) is 0.250. The van der Waals surface area contributed by atoms with E-state index in [1.54, 1.807) is 0 Å². The van der Waals surface area contributed by atoms with E-state index in [4.69, 9.17) is 16.3 Å². The van der Waals surface area contributed by atoms with Crippen molar-refractivity contribution in [2.24, 2.45) is 0 Å². The summed E-state index contributed by atoms with van der Waals surface area (Å²) < 4.78 is 5.72. The molecule has 2 rings (SSSR count). The minimum Gasteiger partial charge on any atom is -0.491 e. The number of rotatable bonds is 4. The van der Waals surface area contributed by atoms with Crippen molar-refractivity contribution in [1.29, 1.82) is 0 Å². The van der Waals surface area contributed by atoms with Gasteiger partial charge in [-0.3, -0.25) is 0 Å². The molecule has 100 valence electrons. The number of hydrogen-bond donors (Lipinski definition) is 0. The van der Waals surface area contributed by atoms with Crippen LogP contribution >= 0.6 is 27.5 Å². The van der Waals surface area contributed by atoms with Gasteiger partial charge in [-0.25, -0.2) is 0 Å². The van der Waals surface area contributed by atoms with Crippen molar-refractivity contribution in [3.63, 3.8) is 0 Å². The molecule has 0 amide bonds. The number of halogens is 2. The van der Waals surface area contributed by atoms with Crippen molar-refractivity contribution in [2.45, 2.75) is 24.8 Å². The second-order valence-corrected chi connectivity index (χ2v) is 6.01. The SMILES string of the molecule is CC(C)Oc1cccc(C(Br)c2ccc(Cl)cc2)c1. The topological polar surface area (TPSA) is 9.23 Å². The molecule has 19 heavy (non-hydrogen) atoms. The molecule has 0 aliphatic heterocycles. The fourth-order valence-electron chi connectivity index (χ4n) is 1.84. The van der Waals surface area contributed by atoms with Gasteiger partial charge in [0.15, 0.2) is 0 Å². The summed E-state index contributed by atoms with van der Waals surface area (Å²) in [6.45, 7) is 4.05. The van der Waals surface area contributed by atoms with E-state index in [0.717, 1.165) is 10.8 Å². The van der Waals surface area contributed by atoms with Crippen LogP contribution in [0, 0.1) is 0 Å². The summed E-state index contributed by atoms with van der Waals surface area (Å²) in [7, 11) is 0. The summed E-state index contributed by atoms with van der Waals surface area (Å²) in [4.78, 5) is 0.139. The highest BCUT2D eigenvalue weighted by atomic mass is 79.9. The molecule has 0 aliphatic rings. The molecule has 2 aromatic carbocycles. The van der Waals surface area contributed by atoms with Gasteiger partial charge in [0.2, 0.25) is 0 Å². The van der Waals surface area contributed by atoms with Crippen molar-refractivity contribution < 1.29 is 4.74 Å². The van der Waals surface area contributed by atoms with E-state index in [1.807, 2.05) is 50.2 Å². The molecule has 0 spiro atoms. The summed E-state index contributed by atoms with van der Waals surface area (Å²) in [6, 6.07) is 16.0. The lowest BCUT2D eigenvalue weighted by Crippen LogP contribution is -2.05. The third-order valence-electron chi connectivity index (χ3n) is 2.69. The Bertz CT molecular complexity index is 537. The molecule has 1 unspecified atom stereocenters. The second-order valence-electron chi connectivity index (χ2n) is 4.65. The maximum Gasteiger partial charge on any atom is 0.120 e. The van der Waals surface area contributed by atoms with Gasteiger partial charge in [0.05, 0.1) is 10.9 Å². The van der Waals surface area contributed by atoms with Crippen LogP contribution in [0.15, 0.2) is 48.5 Å². The monoisotopic (exact) mass is 338 g/mol. The minimum absolute atomic E-state index is 0.139. The molecule has 0 fully saturated rings. The van der Waals surface area contributed by atoms with Gasteiger partial charge in [0.1, 0.15) is 5.75 Å². The van der Waals surface area contributed by atoms with Crippen LogP contribution < -0.4 is 4.74 Å². The number of alkyl halides is 1. The van der Waals surface area contributed by atoms with E-state index in [0.29, 0.717) is 0 Å². The van der Waals surface area contributed by atoms with Crippen LogP contribution in [0.2, 0.25) is 5.02 Å². The molecular weight excluding hydrogens is 324 g/mol. The molecule has 1 nitrogen and oxygen atoms in total. The quantitative estimate of drug-likeness (QED) is 0.658. The average Bonchev–Trinajstić information content (AvgIpc) is 2.38. The Labute approximate surface area is 127 Å². The van der Waals surface area contributed by atoms with E-state index < -0.39 is 0 Å². The van der Waals surface area contributed by atoms with E-state index in [9.17, 15) is 0 Å². The Kier molecular flexibility index (Phi) is 4.89. The first kappa shape index (κ1) is 14.4. The first-order chi connectivity index (χ1) is 9.06. The Morgan fingerprint density at radius 1 is 1.00 bits per heavy atom. The van der Waals surface area contributed by atoms with Crippen molar-refractivity contribution in [3.8, 4) is 5.75 Å². The zero-order chi connectivity index (χ0) is 13.8. The first-order valence-electron chi connectivity index (χ1n) is 6.22. The highest BCUT2D eigenvalue weighted by Crippen LogP contribution is 2.33. The van der Waals surface area contributed by atoms with Gasteiger partial charge in [-0.05, 0) is 49.2 Å². The first-order valence-corrected chi connectivity index (χ1v) is 7.52. The van der Waals surface area contributed by atoms with Crippen LogP contribution in [-0.2, 0) is 0 Å². The summed E-state index contributed by atoms with van der Waals surface area (Å²) in [5.41, 5.74) is 2.34. The molecule has 0 radical (unpaired) electrons. The lowest BCUT2D eigenvalue weighted by molar-refractivity contribution is 0.242. The van der Waals surface area contributed by atoms with Crippen LogP contribution in [0.1, 0.15) is 29.8 Å². The van der Waals surface area contributed by atoms with Gasteiger partial charge >= 0.3 is 0 Å². The molecule has 0 bridgehead atoms. The van der Waals surface area contributed by atoms with Gasteiger partial charge in [0, 0.05) is 5.02 Å². The van der Waals surface area contributed by atoms with Crippen LogP contribution in [0.4, 0.5) is 0 Å². The Morgan fingerprint density at radius 3 is 2.32 bits per heavy atom. The average molecular weight is 340 g/mol. The Hall–Kier alpha value is -0.990. The van der Waals surface area contributed by atoms with Crippen molar-refractivity contribution in [2.75, 3.05) is 0 Å². The molecule has 0 heterocycles. The lowest BCUT2D eigenvalue weighted by Gasteiger charge is -2.14. The molecular formula is C16H16BrClO. The molecule has 0 N–H and O–H groups in total. The predicted octanol–water partition coefficient (Wildman–Crippen LogP) is 5.61. The zero-order valence-electron chi connectivity index (χ0n) is 10.9. The van der Waals surface area contributed by atoms with E-state index >= 15 is 0 Å². The van der Waals surface area contributed by atoms with Crippen LogP contribution in [0.5, 0.6) is 5.75 Å². The van der Waals surface area contributed by atoms with Gasteiger partial charge in [0.25, 0.3) is 0 Å². The predicted molar refractivity (Wildman–Crippen MR) is 84.4 cm³/mol. The largest absolute Gasteiger partial charge is 0.491 e. The zero-order valence-corrected chi connectivity index (χ0v) is 13.3. The fourth-order valence-corrected chi connectivity index (χ4v) is 2.56. The van der Waals surface area contributed by atoms with Crippen molar-refractivity contribution >= 4 is 27.5 Å². The maximum absolute atomic E-state index is 5.91. The van der Waals surface area contributed by atoms with Crippen molar-refractivity contribution in [1.82, 2.24) is 0 Å². The smallest absolute Gasteiger partial charge is 0.120 e. The van der Waals surface area contributed by atoms with Gasteiger partial charge in [-0.2, -0.15) is 0 Å². The maximum atomic E-state index is 5.91. The van der Waals surface area contributed by atoms with Gasteiger partial charge in [-0.1, -0.05) is 51.8 Å². The Morgan fingerprint density at radius 2 is 1.68 bits per heavy atom. The van der Waals surface area contributed by atoms with Gasteiger partial charge < -0.3 is 4.74 Å². The highest BCUT2D eigenvalue weighted by Gasteiger charge is 2.11. The molecule has 0 aliphatic carbocycles. The van der Waals surface area contributed by atoms with Crippen LogP contribution in [-0.4, -0.2) is 6.10 Å². The summed E-state index contributed by atoms with van der Waals surface area (Å²) in [5.74, 6) is 0.894. The standard InChI is InChI=1S/C16H16BrClO/c1-11(2)19-15-5-3-4-13(10-15)16(17)12-6-8-14(18)9-7-12/h3-11,16H,1-2H3. The molecule has 0 saturated heterocycles. The number of hydrogen-bond acceptors (Lipinski definition) is 1. The number of ether oxygens (including phenoxy) is 1. The molecule has 0 saturated carbocycles. The summed E-state index contributed by atoms with van der Waals surface area (Å²) in [5, 5.41) is 0.750. The van der Waals surface area contributed by atoms with E-state index in [1.165, 1.54) is 11.1 Å². The molecule has 2 aromatic rings. The summed E-state index contributed by atoms with van der Waals surface area (Å²) in [6.07, 6.45) is 0.180. The van der Waals surface area contributed by atoms with Gasteiger partial charge in [-0.15, -0.1) is 0 Å². The van der Waals surface area contributed by atoms with E-state index in [2.05, 4.69) is 28.1 Å². The number of benzene rings is 2. The molecule has 3 heteroatoms. The third-order valence-corrected chi connectivity index (χ3v) is 3.99.